The van der Waals surface area contributed by atoms with Crippen molar-refractivity contribution in [1.29, 1.82) is 0 Å². The molecule has 3 aromatic rings. The van der Waals surface area contributed by atoms with E-state index in [2.05, 4.69) is 14.7 Å². The molecule has 0 radical (unpaired) electrons. The molecule has 0 bridgehead atoms. The third-order valence-corrected chi connectivity index (χ3v) is 6.59. The van der Waals surface area contributed by atoms with Crippen LogP contribution in [-0.4, -0.2) is 58.0 Å². The van der Waals surface area contributed by atoms with E-state index in [-0.39, 0.29) is 41.8 Å². The second-order valence-corrected chi connectivity index (χ2v) is 10.8. The van der Waals surface area contributed by atoms with Crippen LogP contribution in [-0.2, 0) is 24.6 Å². The first kappa shape index (κ1) is 23.5. The van der Waals surface area contributed by atoms with Crippen molar-refractivity contribution < 1.29 is 31.1 Å². The lowest BCUT2D eigenvalue weighted by atomic mass is 10.2. The molecule has 0 aliphatic rings. The molecule has 1 aromatic carbocycles. The van der Waals surface area contributed by atoms with E-state index in [1.54, 1.807) is 25.1 Å². The zero-order valence-electron chi connectivity index (χ0n) is 17.5. The molecule has 0 unspecified atom stereocenters. The number of nitrogens with one attached hydrogen (secondary N) is 2. The molecule has 0 fully saturated rings. The summed E-state index contributed by atoms with van der Waals surface area (Å²) in [4.78, 5) is 18.9. The number of benzene rings is 1. The van der Waals surface area contributed by atoms with Gasteiger partial charge in [-0.05, 0) is 37.6 Å². The molecular weight excluding hydrogens is 458 g/mol. The van der Waals surface area contributed by atoms with Crippen LogP contribution in [0.5, 0.6) is 5.75 Å². The summed E-state index contributed by atoms with van der Waals surface area (Å²) in [5.41, 5.74) is 0.646. The SMILES string of the molecule is CCOC(=O)c1cc2cc(OCCCS(C)(=O)=O)cc(NS(=O)(=O)c3ccccn3)c2[nH]1. The first-order valence-corrected chi connectivity index (χ1v) is 13.2. The summed E-state index contributed by atoms with van der Waals surface area (Å²) in [5, 5.41) is 0.331. The third kappa shape index (κ3) is 5.98. The van der Waals surface area contributed by atoms with Crippen LogP contribution in [0.2, 0.25) is 0 Å². The molecule has 0 saturated heterocycles. The van der Waals surface area contributed by atoms with Crippen LogP contribution in [0.3, 0.4) is 0 Å². The van der Waals surface area contributed by atoms with Gasteiger partial charge >= 0.3 is 5.97 Å². The zero-order valence-corrected chi connectivity index (χ0v) is 19.1. The number of pyridine rings is 1. The Bertz CT molecular complexity index is 1320. The highest BCUT2D eigenvalue weighted by molar-refractivity contribution is 7.92. The summed E-state index contributed by atoms with van der Waals surface area (Å²) in [5.74, 6) is -0.317. The van der Waals surface area contributed by atoms with Gasteiger partial charge in [-0.3, -0.25) is 4.72 Å². The molecule has 2 aromatic heterocycles. The highest BCUT2D eigenvalue weighted by atomic mass is 32.2. The van der Waals surface area contributed by atoms with E-state index < -0.39 is 25.8 Å². The molecule has 0 aliphatic carbocycles. The number of anilines is 1. The Morgan fingerprint density at radius 1 is 1.16 bits per heavy atom. The van der Waals surface area contributed by atoms with E-state index in [1.807, 2.05) is 0 Å². The average Bonchev–Trinajstić information content (AvgIpc) is 3.16. The molecule has 2 N–H and O–H groups in total. The Morgan fingerprint density at radius 2 is 1.94 bits per heavy atom. The number of hydrogen-bond donors (Lipinski definition) is 2. The summed E-state index contributed by atoms with van der Waals surface area (Å²) in [6.45, 7) is 1.97. The Hall–Kier alpha value is -3.12. The minimum absolute atomic E-state index is 0.0361. The highest BCUT2D eigenvalue weighted by Crippen LogP contribution is 2.31. The molecule has 2 heterocycles. The zero-order chi connectivity index (χ0) is 23.4. The molecule has 12 heteroatoms. The molecule has 0 aliphatic heterocycles. The quantitative estimate of drug-likeness (QED) is 0.332. The van der Waals surface area contributed by atoms with E-state index in [1.165, 1.54) is 24.4 Å². The van der Waals surface area contributed by atoms with Crippen molar-refractivity contribution in [2.75, 3.05) is 29.9 Å². The lowest BCUT2D eigenvalue weighted by Crippen LogP contribution is -2.15. The second-order valence-electron chi connectivity index (χ2n) is 6.94. The predicted octanol–water partition coefficient (Wildman–Crippen LogP) is 2.35. The maximum atomic E-state index is 12.8. The van der Waals surface area contributed by atoms with Crippen LogP contribution < -0.4 is 9.46 Å². The van der Waals surface area contributed by atoms with Gasteiger partial charge in [-0.15, -0.1) is 0 Å². The monoisotopic (exact) mass is 481 g/mol. The Labute approximate surface area is 185 Å². The van der Waals surface area contributed by atoms with Crippen molar-refractivity contribution in [3.63, 3.8) is 0 Å². The Morgan fingerprint density at radius 3 is 2.59 bits per heavy atom. The normalized spacial score (nSPS) is 11.9. The third-order valence-electron chi connectivity index (χ3n) is 4.28. The van der Waals surface area contributed by atoms with Gasteiger partial charge in [-0.1, -0.05) is 6.07 Å². The van der Waals surface area contributed by atoms with Crippen molar-refractivity contribution in [2.24, 2.45) is 0 Å². The van der Waals surface area contributed by atoms with Crippen molar-refractivity contribution in [1.82, 2.24) is 9.97 Å². The van der Waals surface area contributed by atoms with Crippen molar-refractivity contribution >= 4 is 42.4 Å². The molecule has 172 valence electrons. The van der Waals surface area contributed by atoms with Gasteiger partial charge in [0.25, 0.3) is 10.0 Å². The number of hydrogen-bond acceptors (Lipinski definition) is 8. The molecule has 3 rings (SSSR count). The minimum atomic E-state index is -4.02. The number of carbonyl (C=O) groups is 1. The van der Waals surface area contributed by atoms with Crippen molar-refractivity contribution in [3.05, 3.63) is 48.3 Å². The topological polar surface area (TPSA) is 145 Å². The smallest absolute Gasteiger partial charge is 0.354 e. The van der Waals surface area contributed by atoms with Gasteiger partial charge in [0.15, 0.2) is 5.03 Å². The summed E-state index contributed by atoms with van der Waals surface area (Å²) in [7, 11) is -7.14. The number of sulfonamides is 1. The number of rotatable bonds is 10. The Kier molecular flexibility index (Phi) is 7.04. The number of sulfone groups is 1. The number of aromatic amines is 1. The van der Waals surface area contributed by atoms with Crippen LogP contribution in [0, 0.1) is 0 Å². The van der Waals surface area contributed by atoms with Crippen LogP contribution in [0.1, 0.15) is 23.8 Å². The van der Waals surface area contributed by atoms with Gasteiger partial charge in [0.2, 0.25) is 0 Å². The first-order valence-electron chi connectivity index (χ1n) is 9.67. The summed E-state index contributed by atoms with van der Waals surface area (Å²) < 4.78 is 61.3. The summed E-state index contributed by atoms with van der Waals surface area (Å²) in [6.07, 6.45) is 2.77. The van der Waals surface area contributed by atoms with Gasteiger partial charge in [0.1, 0.15) is 21.3 Å². The van der Waals surface area contributed by atoms with Gasteiger partial charge in [0.05, 0.1) is 30.2 Å². The van der Waals surface area contributed by atoms with E-state index in [0.29, 0.717) is 16.7 Å². The van der Waals surface area contributed by atoms with Crippen LogP contribution >= 0.6 is 0 Å². The number of ether oxygens (including phenoxy) is 2. The predicted molar refractivity (Wildman–Crippen MR) is 119 cm³/mol. The molecule has 0 amide bonds. The number of nitrogens with zero attached hydrogens (tertiary/aromatic N) is 1. The van der Waals surface area contributed by atoms with E-state index in [0.717, 1.165) is 6.26 Å². The summed E-state index contributed by atoms with van der Waals surface area (Å²) in [6, 6.07) is 9.09. The van der Waals surface area contributed by atoms with Gasteiger partial charge in [-0.25, -0.2) is 18.2 Å². The van der Waals surface area contributed by atoms with Gasteiger partial charge in [0, 0.05) is 23.9 Å². The number of carbonyl (C=O) groups excluding carboxylic acids is 1. The lowest BCUT2D eigenvalue weighted by Gasteiger charge is -2.12. The van der Waals surface area contributed by atoms with Crippen LogP contribution in [0.25, 0.3) is 10.9 Å². The lowest BCUT2D eigenvalue weighted by molar-refractivity contribution is 0.0520. The van der Waals surface area contributed by atoms with Crippen molar-refractivity contribution in [3.8, 4) is 5.75 Å². The van der Waals surface area contributed by atoms with Crippen molar-refractivity contribution in [2.45, 2.75) is 18.4 Å². The fourth-order valence-corrected chi connectivity index (χ4v) is 4.57. The fourth-order valence-electron chi connectivity index (χ4n) is 2.91. The maximum absolute atomic E-state index is 12.8. The number of H-pyrrole nitrogens is 1. The summed E-state index contributed by atoms with van der Waals surface area (Å²) >= 11 is 0. The van der Waals surface area contributed by atoms with E-state index in [4.69, 9.17) is 9.47 Å². The standard InChI is InChI=1S/C20H23N3O7S2/c1-3-29-20(24)17-12-14-11-15(30-9-6-10-31(2,25)26)13-16(19(14)22-17)23-32(27,28)18-7-4-5-8-21-18/h4-5,7-8,11-13,22-23H,3,6,9-10H2,1-2H3. The van der Waals surface area contributed by atoms with E-state index in [9.17, 15) is 21.6 Å². The van der Waals surface area contributed by atoms with Gasteiger partial charge in [-0.2, -0.15) is 8.42 Å². The Balaban J connectivity index is 1.96. The van der Waals surface area contributed by atoms with E-state index >= 15 is 0 Å². The minimum Gasteiger partial charge on any atom is -0.493 e. The van der Waals surface area contributed by atoms with Gasteiger partial charge < -0.3 is 14.5 Å². The molecule has 0 atom stereocenters. The molecule has 32 heavy (non-hydrogen) atoms. The number of aromatic nitrogens is 2. The highest BCUT2D eigenvalue weighted by Gasteiger charge is 2.20. The molecule has 0 spiro atoms. The fraction of sp³-hybridized carbons (Fsp3) is 0.300. The molecular formula is C20H23N3O7S2. The first-order chi connectivity index (χ1) is 15.1. The number of esters is 1. The largest absolute Gasteiger partial charge is 0.493 e. The second kappa shape index (κ2) is 9.57. The average molecular weight is 482 g/mol. The molecule has 0 saturated carbocycles. The van der Waals surface area contributed by atoms with Crippen LogP contribution in [0.4, 0.5) is 5.69 Å². The van der Waals surface area contributed by atoms with Crippen LogP contribution in [0.15, 0.2) is 47.6 Å². The maximum Gasteiger partial charge on any atom is 0.354 e. The molecule has 10 nitrogen and oxygen atoms in total. The number of fused-ring (bicyclic) bond motifs is 1.